The number of halogens is 3. The standard InChI is InChI=1S/C25H29F3N2O4S/c1-30(24(31)17-9-11-35(32,33)12-10-17)23(25(26,27)28)16-3-6-20(7-4-16)29-21-13-18-5-8-22(34-2)15-19(18)14-21/h3-8,15,17,21,23,29H,9-14H2,1-2H3/t21?,23-/m0/s1. The van der Waals surface area contributed by atoms with Gasteiger partial charge in [0, 0.05) is 24.7 Å². The molecule has 10 heteroatoms. The third-order valence-electron chi connectivity index (χ3n) is 6.89. The molecule has 0 aromatic heterocycles. The number of nitrogens with zero attached hydrogens (tertiary/aromatic N) is 1. The number of carbonyl (C=O) groups excluding carboxylic acids is 1. The minimum atomic E-state index is -4.67. The summed E-state index contributed by atoms with van der Waals surface area (Å²) in [5.74, 6) is -0.959. The van der Waals surface area contributed by atoms with Crippen LogP contribution >= 0.6 is 0 Å². The summed E-state index contributed by atoms with van der Waals surface area (Å²) in [6.45, 7) is 0. The van der Waals surface area contributed by atoms with E-state index in [9.17, 15) is 26.4 Å². The fourth-order valence-corrected chi connectivity index (χ4v) is 6.50. The van der Waals surface area contributed by atoms with Crippen molar-refractivity contribution in [2.45, 2.75) is 43.9 Å². The van der Waals surface area contributed by atoms with Gasteiger partial charge in [-0.05, 0) is 66.6 Å². The first kappa shape index (κ1) is 25.3. The van der Waals surface area contributed by atoms with Crippen molar-refractivity contribution in [3.63, 3.8) is 0 Å². The van der Waals surface area contributed by atoms with Gasteiger partial charge < -0.3 is 15.0 Å². The molecule has 190 valence electrons. The molecular formula is C25H29F3N2O4S. The Morgan fingerprint density at radius 2 is 1.69 bits per heavy atom. The molecule has 4 rings (SSSR count). The molecule has 0 saturated carbocycles. The lowest BCUT2D eigenvalue weighted by molar-refractivity contribution is -0.190. The number of sulfone groups is 1. The Bertz CT molecular complexity index is 1170. The molecule has 2 aromatic rings. The second kappa shape index (κ2) is 9.72. The van der Waals surface area contributed by atoms with Gasteiger partial charge in [0.2, 0.25) is 5.91 Å². The second-order valence-electron chi connectivity index (χ2n) is 9.33. The lowest BCUT2D eigenvalue weighted by Gasteiger charge is -2.34. The first-order chi connectivity index (χ1) is 16.5. The van der Waals surface area contributed by atoms with Crippen LogP contribution < -0.4 is 10.1 Å². The van der Waals surface area contributed by atoms with Gasteiger partial charge in [0.05, 0.1) is 18.6 Å². The summed E-state index contributed by atoms with van der Waals surface area (Å²) >= 11 is 0. The number of carbonyl (C=O) groups is 1. The molecule has 0 spiro atoms. The number of nitrogens with one attached hydrogen (secondary N) is 1. The zero-order chi connectivity index (χ0) is 25.4. The van der Waals surface area contributed by atoms with Crippen LogP contribution in [0.1, 0.15) is 35.6 Å². The molecule has 2 atom stereocenters. The van der Waals surface area contributed by atoms with E-state index in [1.807, 2.05) is 18.2 Å². The molecule has 1 heterocycles. The topological polar surface area (TPSA) is 75.7 Å². The van der Waals surface area contributed by atoms with Crippen molar-refractivity contribution >= 4 is 21.4 Å². The number of anilines is 1. The molecule has 35 heavy (non-hydrogen) atoms. The Labute approximate surface area is 203 Å². The third kappa shape index (κ3) is 5.74. The maximum Gasteiger partial charge on any atom is 0.413 e. The van der Waals surface area contributed by atoms with Gasteiger partial charge in [-0.3, -0.25) is 4.79 Å². The Hall–Kier alpha value is -2.75. The summed E-state index contributed by atoms with van der Waals surface area (Å²) < 4.78 is 70.6. The van der Waals surface area contributed by atoms with Crippen LogP contribution in [0.25, 0.3) is 0 Å². The fraction of sp³-hybridized carbons (Fsp3) is 0.480. The molecule has 0 radical (unpaired) electrons. The molecular weight excluding hydrogens is 481 g/mol. The zero-order valence-electron chi connectivity index (χ0n) is 19.6. The number of methoxy groups -OCH3 is 1. The lowest BCUT2D eigenvalue weighted by atomic mass is 9.98. The lowest BCUT2D eigenvalue weighted by Crippen LogP contribution is -2.44. The van der Waals surface area contributed by atoms with Gasteiger partial charge in [-0.15, -0.1) is 0 Å². The van der Waals surface area contributed by atoms with Crippen molar-refractivity contribution in [3.8, 4) is 5.75 Å². The summed E-state index contributed by atoms with van der Waals surface area (Å²) in [7, 11) is -0.461. The van der Waals surface area contributed by atoms with E-state index in [2.05, 4.69) is 5.32 Å². The predicted molar refractivity (Wildman–Crippen MR) is 127 cm³/mol. The first-order valence-electron chi connectivity index (χ1n) is 11.5. The van der Waals surface area contributed by atoms with Crippen LogP contribution in [0.3, 0.4) is 0 Å². The Morgan fingerprint density at radius 1 is 1.06 bits per heavy atom. The van der Waals surface area contributed by atoms with Crippen molar-refractivity contribution < 1.29 is 31.1 Å². The second-order valence-corrected chi connectivity index (χ2v) is 11.6. The quantitative estimate of drug-likeness (QED) is 0.632. The van der Waals surface area contributed by atoms with Crippen molar-refractivity contribution in [2.24, 2.45) is 5.92 Å². The average molecular weight is 511 g/mol. The molecule has 1 aliphatic heterocycles. The molecule has 0 bridgehead atoms. The van der Waals surface area contributed by atoms with Crippen LogP contribution in [0.2, 0.25) is 0 Å². The fourth-order valence-electron chi connectivity index (χ4n) is 5.01. The number of benzene rings is 2. The number of ether oxygens (including phenoxy) is 1. The van der Waals surface area contributed by atoms with Gasteiger partial charge in [0.25, 0.3) is 0 Å². The summed E-state index contributed by atoms with van der Waals surface area (Å²) in [6.07, 6.45) is -2.98. The molecule has 1 amide bonds. The van der Waals surface area contributed by atoms with Gasteiger partial charge in [0.15, 0.2) is 6.04 Å². The van der Waals surface area contributed by atoms with Gasteiger partial charge >= 0.3 is 6.18 Å². The van der Waals surface area contributed by atoms with Crippen LogP contribution in [0.5, 0.6) is 5.75 Å². The van der Waals surface area contributed by atoms with Crippen LogP contribution in [0.15, 0.2) is 42.5 Å². The van der Waals surface area contributed by atoms with E-state index in [1.54, 1.807) is 19.2 Å². The number of amides is 1. The number of rotatable bonds is 6. The maximum atomic E-state index is 14.0. The van der Waals surface area contributed by atoms with E-state index < -0.39 is 33.9 Å². The van der Waals surface area contributed by atoms with Gasteiger partial charge in [-0.1, -0.05) is 18.2 Å². The molecule has 1 fully saturated rings. The minimum absolute atomic E-state index is 0.0400. The monoisotopic (exact) mass is 510 g/mol. The van der Waals surface area contributed by atoms with E-state index in [0.717, 1.165) is 25.6 Å². The maximum absolute atomic E-state index is 14.0. The molecule has 1 aliphatic carbocycles. The summed E-state index contributed by atoms with van der Waals surface area (Å²) in [5, 5.41) is 3.38. The number of hydrogen-bond acceptors (Lipinski definition) is 5. The smallest absolute Gasteiger partial charge is 0.413 e. The summed E-state index contributed by atoms with van der Waals surface area (Å²) in [6, 6.07) is 9.94. The summed E-state index contributed by atoms with van der Waals surface area (Å²) in [5.41, 5.74) is 3.06. The SMILES string of the molecule is COc1ccc2c(c1)CC(Nc1ccc([C@H](N(C)C(=O)C3CCS(=O)(=O)CC3)C(F)(F)F)cc1)C2. The Kier molecular flexibility index (Phi) is 7.04. The van der Waals surface area contributed by atoms with E-state index in [1.165, 1.54) is 23.3 Å². The van der Waals surface area contributed by atoms with Crippen LogP contribution in [0.4, 0.5) is 18.9 Å². The third-order valence-corrected chi connectivity index (χ3v) is 8.61. The number of alkyl halides is 3. The first-order valence-corrected chi connectivity index (χ1v) is 13.3. The normalized spacial score (nSPS) is 20.7. The van der Waals surface area contributed by atoms with Crippen molar-refractivity contribution in [1.82, 2.24) is 4.90 Å². The van der Waals surface area contributed by atoms with Crippen LogP contribution in [-0.2, 0) is 27.5 Å². The summed E-state index contributed by atoms with van der Waals surface area (Å²) in [4.78, 5) is 13.5. The Morgan fingerprint density at radius 3 is 2.29 bits per heavy atom. The molecule has 1 unspecified atom stereocenters. The average Bonchev–Trinajstić information content (AvgIpc) is 3.20. The highest BCUT2D eigenvalue weighted by molar-refractivity contribution is 7.91. The predicted octanol–water partition coefficient (Wildman–Crippen LogP) is 4.16. The van der Waals surface area contributed by atoms with Gasteiger partial charge in [-0.25, -0.2) is 8.42 Å². The molecule has 2 aromatic carbocycles. The molecule has 1 N–H and O–H groups in total. The van der Waals surface area contributed by atoms with Gasteiger partial charge in [-0.2, -0.15) is 13.2 Å². The number of hydrogen-bond donors (Lipinski definition) is 1. The molecule has 1 saturated heterocycles. The zero-order valence-corrected chi connectivity index (χ0v) is 20.5. The van der Waals surface area contributed by atoms with Crippen LogP contribution in [-0.4, -0.2) is 57.1 Å². The van der Waals surface area contributed by atoms with E-state index in [-0.39, 0.29) is 36.0 Å². The van der Waals surface area contributed by atoms with Crippen molar-refractivity contribution in [1.29, 1.82) is 0 Å². The van der Waals surface area contributed by atoms with Crippen LogP contribution in [0, 0.1) is 5.92 Å². The van der Waals surface area contributed by atoms with Crippen molar-refractivity contribution in [2.75, 3.05) is 31.0 Å². The number of fused-ring (bicyclic) bond motifs is 1. The van der Waals surface area contributed by atoms with E-state index >= 15 is 0 Å². The minimum Gasteiger partial charge on any atom is -0.497 e. The van der Waals surface area contributed by atoms with E-state index in [0.29, 0.717) is 10.6 Å². The highest BCUT2D eigenvalue weighted by Crippen LogP contribution is 2.39. The molecule has 6 nitrogen and oxygen atoms in total. The highest BCUT2D eigenvalue weighted by atomic mass is 32.2. The largest absolute Gasteiger partial charge is 0.497 e. The van der Waals surface area contributed by atoms with Crippen molar-refractivity contribution in [3.05, 3.63) is 59.2 Å². The van der Waals surface area contributed by atoms with E-state index in [4.69, 9.17) is 4.74 Å². The molecule has 2 aliphatic rings. The Balaban J connectivity index is 1.45. The highest BCUT2D eigenvalue weighted by Gasteiger charge is 2.46. The van der Waals surface area contributed by atoms with Gasteiger partial charge in [0.1, 0.15) is 15.6 Å².